The minimum Gasteiger partial charge on any atom is -0.311 e. The number of hydrogen-bond donors (Lipinski definition) is 0. The van der Waals surface area contributed by atoms with E-state index in [9.17, 15) is 4.79 Å². The molecule has 0 aliphatic heterocycles. The molecule has 7 heteroatoms. The van der Waals surface area contributed by atoms with E-state index in [4.69, 9.17) is 0 Å². The number of benzene rings is 3. The molecule has 3 aromatic carbocycles. The predicted molar refractivity (Wildman–Crippen MR) is 117 cm³/mol. The van der Waals surface area contributed by atoms with Crippen LogP contribution >= 0.6 is 11.8 Å². The third-order valence-electron chi connectivity index (χ3n) is 4.69. The Morgan fingerprint density at radius 3 is 2.69 bits per heavy atom. The Labute approximate surface area is 173 Å². The first-order chi connectivity index (χ1) is 14.2. The molecule has 0 N–H and O–H groups in total. The van der Waals surface area contributed by atoms with Gasteiger partial charge in [0, 0.05) is 11.9 Å². The number of amides is 1. The maximum Gasteiger partial charge on any atom is 0.237 e. The zero-order chi connectivity index (χ0) is 20.2. The number of carbonyl (C=O) groups is 1. The second-order valence-electron chi connectivity index (χ2n) is 6.64. The van der Waals surface area contributed by atoms with E-state index in [2.05, 4.69) is 27.7 Å². The molecule has 4 rings (SSSR count). The molecule has 0 saturated carbocycles. The van der Waals surface area contributed by atoms with Crippen LogP contribution in [0.3, 0.4) is 0 Å². The van der Waals surface area contributed by atoms with Gasteiger partial charge in [0.05, 0.1) is 17.1 Å². The smallest absolute Gasteiger partial charge is 0.237 e. The van der Waals surface area contributed by atoms with E-state index in [1.807, 2.05) is 73.3 Å². The third kappa shape index (κ3) is 4.00. The van der Waals surface area contributed by atoms with Gasteiger partial charge in [-0.05, 0) is 53.4 Å². The average Bonchev–Trinajstić information content (AvgIpc) is 3.22. The van der Waals surface area contributed by atoms with Gasteiger partial charge >= 0.3 is 0 Å². The Morgan fingerprint density at radius 2 is 1.86 bits per heavy atom. The normalized spacial score (nSPS) is 11.0. The maximum absolute atomic E-state index is 13.0. The molecule has 146 valence electrons. The number of rotatable bonds is 6. The second-order valence-corrected chi connectivity index (χ2v) is 7.58. The van der Waals surface area contributed by atoms with Crippen molar-refractivity contribution in [2.75, 3.05) is 17.2 Å². The Morgan fingerprint density at radius 1 is 1.07 bits per heavy atom. The third-order valence-corrected chi connectivity index (χ3v) is 5.59. The largest absolute Gasteiger partial charge is 0.311 e. The van der Waals surface area contributed by atoms with Crippen molar-refractivity contribution >= 4 is 34.1 Å². The van der Waals surface area contributed by atoms with Crippen molar-refractivity contribution in [2.45, 2.75) is 19.0 Å². The van der Waals surface area contributed by atoms with Gasteiger partial charge in [0.25, 0.3) is 0 Å². The van der Waals surface area contributed by atoms with Crippen molar-refractivity contribution in [2.24, 2.45) is 0 Å². The molecule has 0 spiro atoms. The molecule has 0 unspecified atom stereocenters. The van der Waals surface area contributed by atoms with Crippen LogP contribution in [0.15, 0.2) is 71.9 Å². The Bertz CT molecular complexity index is 1150. The van der Waals surface area contributed by atoms with Gasteiger partial charge in [-0.1, -0.05) is 60.3 Å². The van der Waals surface area contributed by atoms with Crippen molar-refractivity contribution in [1.82, 2.24) is 20.2 Å². The van der Waals surface area contributed by atoms with Crippen LogP contribution in [-0.4, -0.2) is 38.4 Å². The minimum absolute atomic E-state index is 0.0210. The van der Waals surface area contributed by atoms with E-state index in [0.29, 0.717) is 11.7 Å². The fourth-order valence-electron chi connectivity index (χ4n) is 3.32. The SMILES string of the molecule is CCN(C(=O)CSc1nnnn1-c1cccc(C)c1)c1cccc2ccccc12. The summed E-state index contributed by atoms with van der Waals surface area (Å²) >= 11 is 1.34. The first-order valence-corrected chi connectivity index (χ1v) is 10.4. The molecular formula is C22H21N5OS. The number of tetrazole rings is 1. The molecule has 0 saturated heterocycles. The van der Waals surface area contributed by atoms with E-state index in [-0.39, 0.29) is 11.7 Å². The molecule has 0 aliphatic rings. The minimum atomic E-state index is 0.0210. The van der Waals surface area contributed by atoms with E-state index < -0.39 is 0 Å². The molecule has 1 heterocycles. The highest BCUT2D eigenvalue weighted by atomic mass is 32.2. The van der Waals surface area contributed by atoms with Gasteiger partial charge < -0.3 is 4.90 Å². The fraction of sp³-hybridized carbons (Fsp3) is 0.182. The average molecular weight is 404 g/mol. The van der Waals surface area contributed by atoms with Crippen molar-refractivity contribution in [1.29, 1.82) is 0 Å². The second kappa shape index (κ2) is 8.45. The summed E-state index contributed by atoms with van der Waals surface area (Å²) in [6.45, 7) is 4.60. The molecule has 1 aromatic heterocycles. The lowest BCUT2D eigenvalue weighted by Gasteiger charge is -2.22. The highest BCUT2D eigenvalue weighted by Gasteiger charge is 2.18. The first kappa shape index (κ1) is 19.1. The van der Waals surface area contributed by atoms with Gasteiger partial charge in [-0.3, -0.25) is 4.79 Å². The molecule has 0 bridgehead atoms. The van der Waals surface area contributed by atoms with Gasteiger partial charge in [-0.15, -0.1) is 5.10 Å². The lowest BCUT2D eigenvalue weighted by molar-refractivity contribution is -0.116. The summed E-state index contributed by atoms with van der Waals surface area (Å²) < 4.78 is 1.67. The maximum atomic E-state index is 13.0. The zero-order valence-electron chi connectivity index (χ0n) is 16.3. The summed E-state index contributed by atoms with van der Waals surface area (Å²) in [5, 5.41) is 14.7. The van der Waals surface area contributed by atoms with Crippen molar-refractivity contribution in [3.05, 3.63) is 72.3 Å². The molecular weight excluding hydrogens is 382 g/mol. The summed E-state index contributed by atoms with van der Waals surface area (Å²) in [5.74, 6) is 0.274. The van der Waals surface area contributed by atoms with Crippen molar-refractivity contribution in [3.63, 3.8) is 0 Å². The van der Waals surface area contributed by atoms with Crippen molar-refractivity contribution in [3.8, 4) is 5.69 Å². The Balaban J connectivity index is 1.55. The molecule has 1 amide bonds. The lowest BCUT2D eigenvalue weighted by Crippen LogP contribution is -2.32. The molecule has 4 aromatic rings. The molecule has 0 aliphatic carbocycles. The van der Waals surface area contributed by atoms with Crippen LogP contribution in [0.1, 0.15) is 12.5 Å². The van der Waals surface area contributed by atoms with Crippen LogP contribution in [-0.2, 0) is 4.79 Å². The number of thioether (sulfide) groups is 1. The number of aryl methyl sites for hydroxylation is 1. The van der Waals surface area contributed by atoms with E-state index in [1.54, 1.807) is 4.68 Å². The van der Waals surface area contributed by atoms with Gasteiger partial charge in [-0.25, -0.2) is 0 Å². The standard InChI is InChI=1S/C22H21N5OS/c1-3-26(20-13-7-10-17-9-4-5-12-19(17)20)21(28)15-29-22-23-24-25-27(22)18-11-6-8-16(2)14-18/h4-14H,3,15H2,1-2H3. The van der Waals surface area contributed by atoms with Crippen LogP contribution in [0.25, 0.3) is 16.5 Å². The monoisotopic (exact) mass is 403 g/mol. The van der Waals surface area contributed by atoms with Gasteiger partial charge in [-0.2, -0.15) is 4.68 Å². The molecule has 6 nitrogen and oxygen atoms in total. The summed E-state index contributed by atoms with van der Waals surface area (Å²) in [5.41, 5.74) is 2.93. The topological polar surface area (TPSA) is 63.9 Å². The van der Waals surface area contributed by atoms with Crippen LogP contribution in [0, 0.1) is 6.92 Å². The highest BCUT2D eigenvalue weighted by molar-refractivity contribution is 7.99. The zero-order valence-corrected chi connectivity index (χ0v) is 17.1. The van der Waals surface area contributed by atoms with Crippen molar-refractivity contribution < 1.29 is 4.79 Å². The lowest BCUT2D eigenvalue weighted by atomic mass is 10.1. The van der Waals surface area contributed by atoms with E-state index in [0.717, 1.165) is 27.7 Å². The first-order valence-electron chi connectivity index (χ1n) is 9.43. The highest BCUT2D eigenvalue weighted by Crippen LogP contribution is 2.28. The number of fused-ring (bicyclic) bond motifs is 1. The number of aromatic nitrogens is 4. The molecule has 0 fully saturated rings. The molecule has 29 heavy (non-hydrogen) atoms. The van der Waals surface area contributed by atoms with Crippen LogP contribution in [0.5, 0.6) is 0 Å². The molecule has 0 radical (unpaired) electrons. The van der Waals surface area contributed by atoms with Crippen LogP contribution < -0.4 is 4.90 Å². The Kier molecular flexibility index (Phi) is 5.57. The van der Waals surface area contributed by atoms with Crippen LogP contribution in [0.2, 0.25) is 0 Å². The van der Waals surface area contributed by atoms with E-state index in [1.165, 1.54) is 11.8 Å². The number of anilines is 1. The molecule has 0 atom stereocenters. The quantitative estimate of drug-likeness (QED) is 0.450. The van der Waals surface area contributed by atoms with Gasteiger partial charge in [0.15, 0.2) is 0 Å². The van der Waals surface area contributed by atoms with Crippen LogP contribution in [0.4, 0.5) is 5.69 Å². The summed E-state index contributed by atoms with van der Waals surface area (Å²) in [7, 11) is 0. The number of hydrogen-bond acceptors (Lipinski definition) is 5. The van der Waals surface area contributed by atoms with Gasteiger partial charge in [0.1, 0.15) is 0 Å². The summed E-state index contributed by atoms with van der Waals surface area (Å²) in [4.78, 5) is 14.9. The summed E-state index contributed by atoms with van der Waals surface area (Å²) in [6.07, 6.45) is 0. The number of nitrogens with zero attached hydrogens (tertiary/aromatic N) is 5. The fourth-order valence-corrected chi connectivity index (χ4v) is 4.09. The van der Waals surface area contributed by atoms with E-state index >= 15 is 0 Å². The van der Waals surface area contributed by atoms with Gasteiger partial charge in [0.2, 0.25) is 11.1 Å². The summed E-state index contributed by atoms with van der Waals surface area (Å²) in [6, 6.07) is 22.1. The predicted octanol–water partition coefficient (Wildman–Crippen LogP) is 4.27. The number of carbonyl (C=O) groups excluding carboxylic acids is 1. The Hall–Kier alpha value is -3.19.